The fourth-order valence-electron chi connectivity index (χ4n) is 2.71. The monoisotopic (exact) mass is 256 g/mol. The molecule has 0 radical (unpaired) electrons. The molecule has 0 bridgehead atoms. The van der Waals surface area contributed by atoms with Crippen LogP contribution in [0.2, 0.25) is 0 Å². The molecule has 4 nitrogen and oxygen atoms in total. The molecule has 0 aliphatic carbocycles. The first kappa shape index (κ1) is 15.4. The Balaban J connectivity index is 2.45. The number of nitrogens with two attached hydrogens (primary N) is 1. The lowest BCUT2D eigenvalue weighted by Crippen LogP contribution is -2.43. The van der Waals surface area contributed by atoms with E-state index >= 15 is 0 Å². The van der Waals surface area contributed by atoms with Gasteiger partial charge in [-0.15, -0.1) is 0 Å². The molecule has 2 atom stereocenters. The van der Waals surface area contributed by atoms with Crippen LogP contribution in [0, 0.1) is 11.3 Å². The normalized spacial score (nSPS) is 24.4. The molecule has 1 fully saturated rings. The number of hydrogen-bond acceptors (Lipinski definition) is 4. The first-order chi connectivity index (χ1) is 8.34. The molecule has 1 aliphatic heterocycles. The van der Waals surface area contributed by atoms with E-state index in [1.807, 2.05) is 0 Å². The number of carbonyl (C=O) groups excluding carboxylic acids is 1. The van der Waals surface area contributed by atoms with Crippen LogP contribution in [-0.4, -0.2) is 43.7 Å². The molecule has 0 aromatic carbocycles. The Morgan fingerprint density at radius 2 is 2.06 bits per heavy atom. The highest BCUT2D eigenvalue weighted by molar-refractivity contribution is 5.75. The van der Waals surface area contributed by atoms with Crippen LogP contribution in [0.25, 0.3) is 0 Å². The van der Waals surface area contributed by atoms with E-state index < -0.39 is 6.04 Å². The minimum atomic E-state index is -0.513. The molecule has 4 heteroatoms. The highest BCUT2D eigenvalue weighted by atomic mass is 16.5. The summed E-state index contributed by atoms with van der Waals surface area (Å²) in [6.45, 7) is 9.63. The van der Waals surface area contributed by atoms with E-state index in [9.17, 15) is 4.79 Å². The SMILES string of the molecule is COC(=O)C(N)CN1CCCC(C(C)(C)C)CC1. The molecule has 1 saturated heterocycles. The summed E-state index contributed by atoms with van der Waals surface area (Å²) in [4.78, 5) is 13.6. The second-order valence-corrected chi connectivity index (χ2v) is 6.42. The Labute approximate surface area is 111 Å². The number of ether oxygens (including phenoxy) is 1. The summed E-state index contributed by atoms with van der Waals surface area (Å²) >= 11 is 0. The Kier molecular flexibility index (Phi) is 5.60. The molecule has 0 amide bonds. The Bertz CT molecular complexity index is 273. The average molecular weight is 256 g/mol. The van der Waals surface area contributed by atoms with Crippen LogP contribution in [0.5, 0.6) is 0 Å². The number of likely N-dealkylation sites (tertiary alicyclic amines) is 1. The van der Waals surface area contributed by atoms with Gasteiger partial charge in [-0.25, -0.2) is 0 Å². The van der Waals surface area contributed by atoms with Crippen molar-refractivity contribution in [2.24, 2.45) is 17.1 Å². The Hall–Kier alpha value is -0.610. The molecule has 1 aliphatic rings. The van der Waals surface area contributed by atoms with Crippen molar-refractivity contribution in [3.63, 3.8) is 0 Å². The zero-order chi connectivity index (χ0) is 13.8. The van der Waals surface area contributed by atoms with Crippen LogP contribution >= 0.6 is 0 Å². The maximum atomic E-state index is 11.3. The van der Waals surface area contributed by atoms with Gasteiger partial charge in [0.1, 0.15) is 6.04 Å². The van der Waals surface area contributed by atoms with Crippen LogP contribution in [-0.2, 0) is 9.53 Å². The fourth-order valence-corrected chi connectivity index (χ4v) is 2.71. The molecule has 18 heavy (non-hydrogen) atoms. The average Bonchev–Trinajstić information content (AvgIpc) is 2.52. The van der Waals surface area contributed by atoms with Crippen molar-refractivity contribution in [2.45, 2.75) is 46.1 Å². The molecule has 2 unspecified atom stereocenters. The largest absolute Gasteiger partial charge is 0.468 e. The van der Waals surface area contributed by atoms with Crippen molar-refractivity contribution in [3.8, 4) is 0 Å². The zero-order valence-corrected chi connectivity index (χ0v) is 12.2. The molecule has 1 rings (SSSR count). The second-order valence-electron chi connectivity index (χ2n) is 6.42. The van der Waals surface area contributed by atoms with Gasteiger partial charge in [-0.3, -0.25) is 4.79 Å². The van der Waals surface area contributed by atoms with Gasteiger partial charge in [-0.05, 0) is 43.7 Å². The van der Waals surface area contributed by atoms with Crippen molar-refractivity contribution < 1.29 is 9.53 Å². The van der Waals surface area contributed by atoms with E-state index in [0.717, 1.165) is 19.0 Å². The molecule has 0 aromatic rings. The number of esters is 1. The van der Waals surface area contributed by atoms with E-state index in [2.05, 4.69) is 30.4 Å². The van der Waals surface area contributed by atoms with Gasteiger partial charge < -0.3 is 15.4 Å². The lowest BCUT2D eigenvalue weighted by molar-refractivity contribution is -0.142. The summed E-state index contributed by atoms with van der Waals surface area (Å²) in [7, 11) is 1.39. The molecular weight excluding hydrogens is 228 g/mol. The minimum Gasteiger partial charge on any atom is -0.468 e. The predicted octanol–water partition coefficient (Wildman–Crippen LogP) is 1.63. The van der Waals surface area contributed by atoms with Crippen LogP contribution in [0.15, 0.2) is 0 Å². The maximum Gasteiger partial charge on any atom is 0.323 e. The van der Waals surface area contributed by atoms with Gasteiger partial charge in [-0.2, -0.15) is 0 Å². The highest BCUT2D eigenvalue weighted by Gasteiger charge is 2.28. The van der Waals surface area contributed by atoms with Crippen molar-refractivity contribution in [1.29, 1.82) is 0 Å². The second kappa shape index (κ2) is 6.53. The van der Waals surface area contributed by atoms with Gasteiger partial charge in [-0.1, -0.05) is 20.8 Å². The van der Waals surface area contributed by atoms with Crippen LogP contribution in [0.1, 0.15) is 40.0 Å². The van der Waals surface area contributed by atoms with E-state index in [4.69, 9.17) is 5.73 Å². The van der Waals surface area contributed by atoms with Crippen molar-refractivity contribution >= 4 is 5.97 Å². The number of methoxy groups -OCH3 is 1. The minimum absolute atomic E-state index is 0.313. The molecular formula is C14H28N2O2. The van der Waals surface area contributed by atoms with Crippen molar-refractivity contribution in [3.05, 3.63) is 0 Å². The van der Waals surface area contributed by atoms with Crippen molar-refractivity contribution in [1.82, 2.24) is 4.90 Å². The van der Waals surface area contributed by atoms with E-state index in [1.165, 1.54) is 26.4 Å². The van der Waals surface area contributed by atoms with Gasteiger partial charge in [0, 0.05) is 6.54 Å². The molecule has 0 aromatic heterocycles. The van der Waals surface area contributed by atoms with Crippen LogP contribution in [0.3, 0.4) is 0 Å². The van der Waals surface area contributed by atoms with Gasteiger partial charge in [0.15, 0.2) is 0 Å². The first-order valence-electron chi connectivity index (χ1n) is 6.90. The van der Waals surface area contributed by atoms with Crippen molar-refractivity contribution in [2.75, 3.05) is 26.7 Å². The standard InChI is InChI=1S/C14H28N2O2/c1-14(2,3)11-6-5-8-16(9-7-11)10-12(15)13(17)18-4/h11-12H,5-10,15H2,1-4H3. The lowest BCUT2D eigenvalue weighted by Gasteiger charge is -2.30. The third-order valence-corrected chi connectivity index (χ3v) is 4.00. The van der Waals surface area contributed by atoms with Crippen LogP contribution in [0.4, 0.5) is 0 Å². The van der Waals surface area contributed by atoms with Gasteiger partial charge in [0.05, 0.1) is 7.11 Å². The number of hydrogen-bond donors (Lipinski definition) is 1. The smallest absolute Gasteiger partial charge is 0.323 e. The topological polar surface area (TPSA) is 55.6 Å². The molecule has 2 N–H and O–H groups in total. The van der Waals surface area contributed by atoms with Crippen LogP contribution < -0.4 is 5.73 Å². The maximum absolute atomic E-state index is 11.3. The lowest BCUT2D eigenvalue weighted by atomic mass is 9.77. The van der Waals surface area contributed by atoms with Gasteiger partial charge >= 0.3 is 5.97 Å². The number of rotatable bonds is 3. The van der Waals surface area contributed by atoms with E-state index in [0.29, 0.717) is 12.0 Å². The molecule has 1 heterocycles. The predicted molar refractivity (Wildman–Crippen MR) is 73.2 cm³/mol. The summed E-state index contributed by atoms with van der Waals surface area (Å²) in [5, 5.41) is 0. The number of nitrogens with zero attached hydrogens (tertiary/aromatic N) is 1. The fraction of sp³-hybridized carbons (Fsp3) is 0.929. The summed E-state index contributed by atoms with van der Waals surface area (Å²) in [6.07, 6.45) is 3.65. The van der Waals surface area contributed by atoms with Gasteiger partial charge in [0.2, 0.25) is 0 Å². The third-order valence-electron chi connectivity index (χ3n) is 4.00. The summed E-state index contributed by atoms with van der Waals surface area (Å²) < 4.78 is 4.67. The van der Waals surface area contributed by atoms with E-state index in [-0.39, 0.29) is 5.97 Å². The number of carbonyl (C=O) groups is 1. The van der Waals surface area contributed by atoms with E-state index in [1.54, 1.807) is 0 Å². The molecule has 106 valence electrons. The Morgan fingerprint density at radius 1 is 1.39 bits per heavy atom. The summed E-state index contributed by atoms with van der Waals surface area (Å²) in [5.74, 6) is 0.448. The Morgan fingerprint density at radius 3 is 2.61 bits per heavy atom. The van der Waals surface area contributed by atoms with Gasteiger partial charge in [0.25, 0.3) is 0 Å². The summed E-state index contributed by atoms with van der Waals surface area (Å²) in [5.41, 5.74) is 6.19. The highest BCUT2D eigenvalue weighted by Crippen LogP contribution is 2.34. The quantitative estimate of drug-likeness (QED) is 0.780. The molecule has 0 saturated carbocycles. The summed E-state index contributed by atoms with van der Waals surface area (Å²) in [6, 6.07) is -0.513. The zero-order valence-electron chi connectivity index (χ0n) is 12.2. The third kappa shape index (κ3) is 4.58. The molecule has 0 spiro atoms. The first-order valence-corrected chi connectivity index (χ1v) is 6.90.